The average molecular weight is 329 g/mol. The minimum absolute atomic E-state index is 0.00514. The standard InChI is InChI=1S/C19H23NO4/c1-4-6-14-12-17-15(16(7-5-2)19(14)23)8-9-18(22)20(17)10-11-24-13(3)21/h4-5,12,23H,1-2,6-11H2,3H3. The lowest BCUT2D eigenvalue weighted by molar-refractivity contribution is -0.141. The smallest absolute Gasteiger partial charge is 0.302 e. The largest absolute Gasteiger partial charge is 0.507 e. The summed E-state index contributed by atoms with van der Waals surface area (Å²) < 4.78 is 4.97. The highest BCUT2D eigenvalue weighted by molar-refractivity contribution is 5.97. The third kappa shape index (κ3) is 3.67. The SMILES string of the molecule is C=CCc1cc2c(c(CC=C)c1O)CCC(=O)N2CCOC(C)=O. The highest BCUT2D eigenvalue weighted by Crippen LogP contribution is 2.38. The van der Waals surface area contributed by atoms with Crippen molar-refractivity contribution in [1.82, 2.24) is 0 Å². The highest BCUT2D eigenvalue weighted by Gasteiger charge is 2.28. The van der Waals surface area contributed by atoms with Crippen molar-refractivity contribution in [2.45, 2.75) is 32.6 Å². The zero-order valence-electron chi connectivity index (χ0n) is 14.0. The van der Waals surface area contributed by atoms with Crippen molar-refractivity contribution in [3.63, 3.8) is 0 Å². The molecule has 1 N–H and O–H groups in total. The summed E-state index contributed by atoms with van der Waals surface area (Å²) in [4.78, 5) is 24.9. The van der Waals surface area contributed by atoms with E-state index in [1.807, 2.05) is 6.07 Å². The Labute approximate surface area is 142 Å². The Morgan fingerprint density at radius 2 is 2.04 bits per heavy atom. The first-order valence-corrected chi connectivity index (χ1v) is 8.01. The van der Waals surface area contributed by atoms with Crippen LogP contribution in [0.4, 0.5) is 5.69 Å². The molecule has 128 valence electrons. The van der Waals surface area contributed by atoms with E-state index in [1.54, 1.807) is 17.1 Å². The summed E-state index contributed by atoms with van der Waals surface area (Å²) in [5, 5.41) is 10.5. The molecule has 1 aliphatic rings. The molecular weight excluding hydrogens is 306 g/mol. The van der Waals surface area contributed by atoms with Crippen molar-refractivity contribution < 1.29 is 19.4 Å². The van der Waals surface area contributed by atoms with Crippen LogP contribution in [0.25, 0.3) is 0 Å². The van der Waals surface area contributed by atoms with Crippen LogP contribution in [0.1, 0.15) is 30.0 Å². The van der Waals surface area contributed by atoms with Crippen molar-refractivity contribution in [1.29, 1.82) is 0 Å². The Morgan fingerprint density at radius 3 is 2.67 bits per heavy atom. The molecule has 0 aliphatic carbocycles. The van der Waals surface area contributed by atoms with Crippen LogP contribution in [0, 0.1) is 0 Å². The van der Waals surface area contributed by atoms with Gasteiger partial charge < -0.3 is 14.7 Å². The van der Waals surface area contributed by atoms with Crippen molar-refractivity contribution >= 4 is 17.6 Å². The third-order valence-corrected chi connectivity index (χ3v) is 4.09. The molecule has 0 spiro atoms. The Morgan fingerprint density at radius 1 is 1.33 bits per heavy atom. The summed E-state index contributed by atoms with van der Waals surface area (Å²) in [5.74, 6) is -0.123. The number of hydrogen-bond acceptors (Lipinski definition) is 4. The van der Waals surface area contributed by atoms with E-state index in [0.29, 0.717) is 32.2 Å². The zero-order valence-corrected chi connectivity index (χ0v) is 14.0. The van der Waals surface area contributed by atoms with Crippen LogP contribution in [0.5, 0.6) is 5.75 Å². The Bertz CT molecular complexity index is 678. The summed E-state index contributed by atoms with van der Waals surface area (Å²) in [6.45, 7) is 9.27. The maximum Gasteiger partial charge on any atom is 0.302 e. The number of aromatic hydroxyl groups is 1. The molecule has 1 amide bonds. The van der Waals surface area contributed by atoms with E-state index in [-0.39, 0.29) is 24.2 Å². The van der Waals surface area contributed by atoms with Crippen LogP contribution in [-0.2, 0) is 33.6 Å². The van der Waals surface area contributed by atoms with Crippen molar-refractivity contribution in [3.8, 4) is 5.75 Å². The zero-order chi connectivity index (χ0) is 17.7. The van der Waals surface area contributed by atoms with Gasteiger partial charge in [0.25, 0.3) is 0 Å². The first-order valence-electron chi connectivity index (χ1n) is 8.01. The van der Waals surface area contributed by atoms with Gasteiger partial charge in [-0.05, 0) is 36.5 Å². The van der Waals surface area contributed by atoms with Gasteiger partial charge in [0, 0.05) is 24.6 Å². The molecule has 0 bridgehead atoms. The normalized spacial score (nSPS) is 13.4. The van der Waals surface area contributed by atoms with Crippen LogP contribution in [0.3, 0.4) is 0 Å². The van der Waals surface area contributed by atoms with E-state index in [2.05, 4.69) is 13.2 Å². The molecule has 0 radical (unpaired) electrons. The molecule has 5 heteroatoms. The summed E-state index contributed by atoms with van der Waals surface area (Å²) in [6.07, 6.45) is 5.46. The van der Waals surface area contributed by atoms with Crippen LogP contribution < -0.4 is 4.90 Å². The van der Waals surface area contributed by atoms with Crippen LogP contribution >= 0.6 is 0 Å². The molecule has 1 aliphatic heterocycles. The molecule has 5 nitrogen and oxygen atoms in total. The fourth-order valence-electron chi connectivity index (χ4n) is 3.03. The molecule has 24 heavy (non-hydrogen) atoms. The van der Waals surface area contributed by atoms with Crippen molar-refractivity contribution in [2.24, 2.45) is 0 Å². The lowest BCUT2D eigenvalue weighted by atomic mass is 9.90. The number of anilines is 1. The Hall–Kier alpha value is -2.56. The quantitative estimate of drug-likeness (QED) is 0.617. The molecule has 0 saturated carbocycles. The molecule has 0 aromatic heterocycles. The Balaban J connectivity index is 2.45. The van der Waals surface area contributed by atoms with E-state index in [4.69, 9.17) is 4.74 Å². The summed E-state index contributed by atoms with van der Waals surface area (Å²) in [6, 6.07) is 1.84. The number of nitrogens with zero attached hydrogens (tertiary/aromatic N) is 1. The van der Waals surface area contributed by atoms with E-state index in [9.17, 15) is 14.7 Å². The molecule has 0 atom stereocenters. The van der Waals surface area contributed by atoms with Gasteiger partial charge >= 0.3 is 5.97 Å². The number of ether oxygens (including phenoxy) is 1. The number of fused-ring (bicyclic) bond motifs is 1. The molecule has 1 aromatic carbocycles. The van der Waals surface area contributed by atoms with Gasteiger partial charge in [-0.2, -0.15) is 0 Å². The monoisotopic (exact) mass is 329 g/mol. The minimum atomic E-state index is -0.370. The number of benzene rings is 1. The summed E-state index contributed by atoms with van der Waals surface area (Å²) in [7, 11) is 0. The topological polar surface area (TPSA) is 66.8 Å². The van der Waals surface area contributed by atoms with E-state index >= 15 is 0 Å². The minimum Gasteiger partial charge on any atom is -0.507 e. The molecule has 1 heterocycles. The lowest BCUT2D eigenvalue weighted by Gasteiger charge is -2.32. The van der Waals surface area contributed by atoms with Gasteiger partial charge in [-0.3, -0.25) is 9.59 Å². The number of allylic oxidation sites excluding steroid dienone is 2. The second-order valence-electron chi connectivity index (χ2n) is 5.73. The summed E-state index contributed by atoms with van der Waals surface area (Å²) >= 11 is 0. The number of rotatable bonds is 7. The lowest BCUT2D eigenvalue weighted by Crippen LogP contribution is -2.38. The number of esters is 1. The number of amides is 1. The summed E-state index contributed by atoms with van der Waals surface area (Å²) in [5.41, 5.74) is 3.28. The van der Waals surface area contributed by atoms with E-state index < -0.39 is 0 Å². The van der Waals surface area contributed by atoms with Gasteiger partial charge in [0.15, 0.2) is 0 Å². The van der Waals surface area contributed by atoms with Crippen LogP contribution in [0.2, 0.25) is 0 Å². The molecule has 0 saturated heterocycles. The third-order valence-electron chi connectivity index (χ3n) is 4.09. The highest BCUT2D eigenvalue weighted by atomic mass is 16.5. The van der Waals surface area contributed by atoms with Crippen LogP contribution in [-0.4, -0.2) is 30.1 Å². The molecule has 0 unspecified atom stereocenters. The number of phenolic OH excluding ortho intramolecular Hbond substituents is 1. The van der Waals surface area contributed by atoms with Gasteiger partial charge in [0.05, 0.1) is 6.54 Å². The van der Waals surface area contributed by atoms with E-state index in [0.717, 1.165) is 22.4 Å². The molecular formula is C19H23NO4. The predicted octanol–water partition coefficient (Wildman–Crippen LogP) is 2.69. The fourth-order valence-corrected chi connectivity index (χ4v) is 3.03. The Kier molecular flexibility index (Phi) is 5.79. The van der Waals surface area contributed by atoms with Gasteiger partial charge in [0.2, 0.25) is 5.91 Å². The molecule has 2 rings (SSSR count). The maximum absolute atomic E-state index is 12.3. The van der Waals surface area contributed by atoms with Crippen LogP contribution in [0.15, 0.2) is 31.4 Å². The number of hydrogen-bond donors (Lipinski definition) is 1. The van der Waals surface area contributed by atoms with Gasteiger partial charge in [-0.1, -0.05) is 12.2 Å². The average Bonchev–Trinajstić information content (AvgIpc) is 2.53. The molecule has 1 aromatic rings. The fraction of sp³-hybridized carbons (Fsp3) is 0.368. The second-order valence-corrected chi connectivity index (χ2v) is 5.73. The number of carbonyl (C=O) groups excluding carboxylic acids is 2. The van der Waals surface area contributed by atoms with Gasteiger partial charge in [-0.15, -0.1) is 13.2 Å². The van der Waals surface area contributed by atoms with Gasteiger partial charge in [0.1, 0.15) is 12.4 Å². The van der Waals surface area contributed by atoms with Gasteiger partial charge in [-0.25, -0.2) is 0 Å². The maximum atomic E-state index is 12.3. The second kappa shape index (κ2) is 7.81. The first kappa shape index (κ1) is 17.8. The predicted molar refractivity (Wildman–Crippen MR) is 93.2 cm³/mol. The molecule has 0 fully saturated rings. The first-order chi connectivity index (χ1) is 11.5. The van der Waals surface area contributed by atoms with Crippen molar-refractivity contribution in [3.05, 3.63) is 48.1 Å². The van der Waals surface area contributed by atoms with E-state index in [1.165, 1.54) is 6.92 Å². The number of phenols is 1. The number of carbonyl (C=O) groups is 2. The van der Waals surface area contributed by atoms with Crippen molar-refractivity contribution in [2.75, 3.05) is 18.1 Å².